The van der Waals surface area contributed by atoms with E-state index in [1.54, 1.807) is 6.07 Å². The molecule has 0 aliphatic heterocycles. The first-order valence-corrected chi connectivity index (χ1v) is 4.78. The van der Waals surface area contributed by atoms with Gasteiger partial charge in [0.05, 0.1) is 18.2 Å². The van der Waals surface area contributed by atoms with Gasteiger partial charge in [-0.25, -0.2) is 13.2 Å². The van der Waals surface area contributed by atoms with Gasteiger partial charge in [-0.05, 0) is 24.3 Å². The SMILES string of the molecule is O=C(Cc1ccco1)c1ccc(F)c(F)c1F. The highest BCUT2D eigenvalue weighted by molar-refractivity contribution is 5.97. The summed E-state index contributed by atoms with van der Waals surface area (Å²) in [6.45, 7) is 0. The quantitative estimate of drug-likeness (QED) is 0.609. The Labute approximate surface area is 94.7 Å². The van der Waals surface area contributed by atoms with E-state index in [0.717, 1.165) is 6.07 Å². The van der Waals surface area contributed by atoms with Crippen molar-refractivity contribution in [3.05, 3.63) is 59.3 Å². The number of carbonyl (C=O) groups excluding carboxylic acids is 1. The Morgan fingerprint density at radius 3 is 2.53 bits per heavy atom. The lowest BCUT2D eigenvalue weighted by Gasteiger charge is -2.02. The van der Waals surface area contributed by atoms with E-state index in [4.69, 9.17) is 4.42 Å². The second-order valence-corrected chi connectivity index (χ2v) is 3.40. The van der Waals surface area contributed by atoms with Gasteiger partial charge in [0.1, 0.15) is 5.76 Å². The Bertz CT molecular complexity index is 547. The van der Waals surface area contributed by atoms with Gasteiger partial charge in [-0.2, -0.15) is 0 Å². The average Bonchev–Trinajstić information content (AvgIpc) is 2.78. The number of ketones is 1. The number of hydrogen-bond donors (Lipinski definition) is 0. The highest BCUT2D eigenvalue weighted by atomic mass is 19.2. The second-order valence-electron chi connectivity index (χ2n) is 3.40. The van der Waals surface area contributed by atoms with Gasteiger partial charge in [0.25, 0.3) is 0 Å². The predicted molar refractivity (Wildman–Crippen MR) is 53.1 cm³/mol. The van der Waals surface area contributed by atoms with Crippen LogP contribution in [0.1, 0.15) is 16.1 Å². The Hall–Kier alpha value is -2.04. The van der Waals surface area contributed by atoms with Gasteiger partial charge in [0.15, 0.2) is 23.2 Å². The Morgan fingerprint density at radius 1 is 1.12 bits per heavy atom. The summed E-state index contributed by atoms with van der Waals surface area (Å²) in [5.41, 5.74) is -0.486. The number of carbonyl (C=O) groups is 1. The fraction of sp³-hybridized carbons (Fsp3) is 0.0833. The summed E-state index contributed by atoms with van der Waals surface area (Å²) >= 11 is 0. The summed E-state index contributed by atoms with van der Waals surface area (Å²) in [6.07, 6.45) is 1.17. The lowest BCUT2D eigenvalue weighted by Crippen LogP contribution is -2.08. The molecule has 0 aliphatic carbocycles. The summed E-state index contributed by atoms with van der Waals surface area (Å²) in [4.78, 5) is 11.6. The minimum Gasteiger partial charge on any atom is -0.469 e. The smallest absolute Gasteiger partial charge is 0.195 e. The molecule has 0 amide bonds. The van der Waals surface area contributed by atoms with Crippen LogP contribution in [0, 0.1) is 17.5 Å². The molecule has 2 aromatic rings. The largest absolute Gasteiger partial charge is 0.469 e. The molecular weight excluding hydrogens is 233 g/mol. The summed E-state index contributed by atoms with van der Waals surface area (Å²) in [6, 6.07) is 4.74. The van der Waals surface area contributed by atoms with E-state index in [9.17, 15) is 18.0 Å². The van der Waals surface area contributed by atoms with Crippen molar-refractivity contribution in [2.75, 3.05) is 0 Å². The third-order valence-corrected chi connectivity index (χ3v) is 2.25. The van der Waals surface area contributed by atoms with E-state index in [0.29, 0.717) is 11.8 Å². The summed E-state index contributed by atoms with van der Waals surface area (Å²) in [7, 11) is 0. The molecule has 0 fully saturated rings. The van der Waals surface area contributed by atoms with E-state index in [-0.39, 0.29) is 6.42 Å². The molecule has 17 heavy (non-hydrogen) atoms. The first-order chi connectivity index (χ1) is 8.09. The van der Waals surface area contributed by atoms with Crippen molar-refractivity contribution >= 4 is 5.78 Å². The number of Topliss-reactive ketones (excluding diaryl/α,β-unsaturated/α-hetero) is 1. The molecule has 0 unspecified atom stereocenters. The van der Waals surface area contributed by atoms with Gasteiger partial charge in [0, 0.05) is 0 Å². The molecule has 0 N–H and O–H groups in total. The van der Waals surface area contributed by atoms with Crippen molar-refractivity contribution < 1.29 is 22.4 Å². The van der Waals surface area contributed by atoms with E-state index in [1.807, 2.05) is 0 Å². The van der Waals surface area contributed by atoms with Gasteiger partial charge in [0.2, 0.25) is 0 Å². The molecule has 5 heteroatoms. The minimum atomic E-state index is -1.64. The van der Waals surface area contributed by atoms with Crippen LogP contribution in [0.4, 0.5) is 13.2 Å². The van der Waals surface area contributed by atoms with Crippen molar-refractivity contribution in [3.8, 4) is 0 Å². The van der Waals surface area contributed by atoms with Crippen molar-refractivity contribution in [2.24, 2.45) is 0 Å². The zero-order chi connectivity index (χ0) is 12.4. The van der Waals surface area contributed by atoms with Crippen LogP contribution in [0.15, 0.2) is 34.9 Å². The fourth-order valence-electron chi connectivity index (χ4n) is 1.41. The van der Waals surface area contributed by atoms with Crippen LogP contribution in [-0.4, -0.2) is 5.78 Å². The minimum absolute atomic E-state index is 0.199. The predicted octanol–water partition coefficient (Wildman–Crippen LogP) is 3.12. The maximum absolute atomic E-state index is 13.3. The number of halogens is 3. The normalized spacial score (nSPS) is 10.5. The van der Waals surface area contributed by atoms with Gasteiger partial charge in [-0.15, -0.1) is 0 Å². The molecule has 2 nitrogen and oxygen atoms in total. The van der Waals surface area contributed by atoms with Crippen LogP contribution in [0.2, 0.25) is 0 Å². The van der Waals surface area contributed by atoms with Crippen molar-refractivity contribution in [3.63, 3.8) is 0 Å². The van der Waals surface area contributed by atoms with Crippen LogP contribution in [0.25, 0.3) is 0 Å². The number of furan rings is 1. The Morgan fingerprint density at radius 2 is 1.88 bits per heavy atom. The molecule has 0 aliphatic rings. The average molecular weight is 240 g/mol. The summed E-state index contributed by atoms with van der Waals surface area (Å²) in [5, 5.41) is 0. The standard InChI is InChI=1S/C12H7F3O2/c13-9-4-3-8(11(14)12(9)15)10(16)6-7-2-1-5-17-7/h1-5H,6H2. The van der Waals surface area contributed by atoms with Crippen molar-refractivity contribution in [2.45, 2.75) is 6.42 Å². The molecule has 0 spiro atoms. The van der Waals surface area contributed by atoms with Gasteiger partial charge < -0.3 is 4.42 Å². The second kappa shape index (κ2) is 4.45. The molecule has 0 radical (unpaired) electrons. The maximum Gasteiger partial charge on any atom is 0.195 e. The maximum atomic E-state index is 13.3. The van der Waals surface area contributed by atoms with Gasteiger partial charge in [-0.3, -0.25) is 4.79 Å². The summed E-state index contributed by atoms with van der Waals surface area (Å²) in [5.74, 6) is -4.77. The molecule has 0 atom stereocenters. The Balaban J connectivity index is 2.29. The monoisotopic (exact) mass is 240 g/mol. The fourth-order valence-corrected chi connectivity index (χ4v) is 1.41. The van der Waals surface area contributed by atoms with Gasteiger partial charge >= 0.3 is 0 Å². The molecule has 0 bridgehead atoms. The molecule has 1 aromatic heterocycles. The molecular formula is C12H7F3O2. The van der Waals surface area contributed by atoms with Gasteiger partial charge in [-0.1, -0.05) is 0 Å². The van der Waals surface area contributed by atoms with E-state index in [2.05, 4.69) is 0 Å². The van der Waals surface area contributed by atoms with Crippen molar-refractivity contribution in [1.82, 2.24) is 0 Å². The zero-order valence-electron chi connectivity index (χ0n) is 8.54. The third kappa shape index (κ3) is 2.22. The van der Waals surface area contributed by atoms with E-state index >= 15 is 0 Å². The highest BCUT2D eigenvalue weighted by Crippen LogP contribution is 2.17. The van der Waals surface area contributed by atoms with Crippen molar-refractivity contribution in [1.29, 1.82) is 0 Å². The van der Waals surface area contributed by atoms with Crippen LogP contribution in [0.5, 0.6) is 0 Å². The molecule has 1 aromatic carbocycles. The first kappa shape index (κ1) is 11.4. The van der Waals surface area contributed by atoms with Crippen LogP contribution in [0.3, 0.4) is 0 Å². The lowest BCUT2D eigenvalue weighted by atomic mass is 10.1. The number of hydrogen-bond acceptors (Lipinski definition) is 2. The molecule has 1 heterocycles. The number of benzene rings is 1. The zero-order valence-corrected chi connectivity index (χ0v) is 8.54. The number of rotatable bonds is 3. The summed E-state index contributed by atoms with van der Waals surface area (Å²) < 4.78 is 43.7. The third-order valence-electron chi connectivity index (χ3n) is 2.25. The lowest BCUT2D eigenvalue weighted by molar-refractivity contribution is 0.0982. The highest BCUT2D eigenvalue weighted by Gasteiger charge is 2.19. The molecule has 0 saturated carbocycles. The van der Waals surface area contributed by atoms with Crippen LogP contribution < -0.4 is 0 Å². The van der Waals surface area contributed by atoms with Crippen LogP contribution >= 0.6 is 0 Å². The molecule has 88 valence electrons. The molecule has 2 rings (SSSR count). The first-order valence-electron chi connectivity index (χ1n) is 4.78. The van der Waals surface area contributed by atoms with Crippen LogP contribution in [-0.2, 0) is 6.42 Å². The molecule has 0 saturated heterocycles. The van der Waals surface area contributed by atoms with E-state index < -0.39 is 28.8 Å². The van der Waals surface area contributed by atoms with E-state index in [1.165, 1.54) is 12.3 Å². The Kier molecular flexibility index (Phi) is 2.99. The topological polar surface area (TPSA) is 30.2 Å².